The minimum absolute atomic E-state index is 0.0231. The molecule has 118 valence electrons. The standard InChI is InChI=1S/C21H16O3/c22-19(15-8-3-1-4-9-15)21-20(24-21)16-10-7-13-18(14-16)23-17-11-5-2-6-12-17/h1-14,20-21H/t20-,21-/m1/s1. The normalized spacial score (nSPS) is 18.8. The number of ketones is 1. The third kappa shape index (κ3) is 3.07. The summed E-state index contributed by atoms with van der Waals surface area (Å²) < 4.78 is 11.5. The molecule has 3 aromatic rings. The van der Waals surface area contributed by atoms with Crippen molar-refractivity contribution < 1.29 is 14.3 Å². The maximum atomic E-state index is 12.4. The van der Waals surface area contributed by atoms with E-state index in [1.54, 1.807) is 0 Å². The van der Waals surface area contributed by atoms with Gasteiger partial charge in [-0.05, 0) is 29.8 Å². The molecule has 1 heterocycles. The Labute approximate surface area is 140 Å². The quantitative estimate of drug-likeness (QED) is 0.501. The van der Waals surface area contributed by atoms with Crippen LogP contribution >= 0.6 is 0 Å². The fraction of sp³-hybridized carbons (Fsp3) is 0.0952. The molecule has 0 amide bonds. The molecule has 0 spiro atoms. The first-order chi connectivity index (χ1) is 11.8. The lowest BCUT2D eigenvalue weighted by molar-refractivity contribution is 0.0953. The van der Waals surface area contributed by atoms with E-state index in [1.807, 2.05) is 84.9 Å². The monoisotopic (exact) mass is 316 g/mol. The van der Waals surface area contributed by atoms with E-state index < -0.39 is 6.10 Å². The average molecular weight is 316 g/mol. The summed E-state index contributed by atoms with van der Waals surface area (Å²) >= 11 is 0. The Morgan fingerprint density at radius 1 is 0.792 bits per heavy atom. The van der Waals surface area contributed by atoms with Gasteiger partial charge in [0, 0.05) is 5.56 Å². The second kappa shape index (κ2) is 6.30. The molecule has 24 heavy (non-hydrogen) atoms. The fourth-order valence-corrected chi connectivity index (χ4v) is 2.71. The van der Waals surface area contributed by atoms with Crippen LogP contribution in [-0.4, -0.2) is 11.9 Å². The van der Waals surface area contributed by atoms with Crippen molar-refractivity contribution in [3.63, 3.8) is 0 Å². The molecule has 1 fully saturated rings. The van der Waals surface area contributed by atoms with Gasteiger partial charge in [0.15, 0.2) is 11.9 Å². The number of hydrogen-bond acceptors (Lipinski definition) is 3. The van der Waals surface area contributed by atoms with Crippen molar-refractivity contribution in [1.29, 1.82) is 0 Å². The van der Waals surface area contributed by atoms with E-state index in [0.717, 1.165) is 17.1 Å². The average Bonchev–Trinajstić information content (AvgIpc) is 3.44. The Bertz CT molecular complexity index is 843. The van der Waals surface area contributed by atoms with Crippen LogP contribution in [0.4, 0.5) is 0 Å². The van der Waals surface area contributed by atoms with Crippen molar-refractivity contribution in [3.8, 4) is 11.5 Å². The lowest BCUT2D eigenvalue weighted by Gasteiger charge is -2.06. The molecular weight excluding hydrogens is 300 g/mol. The van der Waals surface area contributed by atoms with Gasteiger partial charge in [0.2, 0.25) is 0 Å². The molecule has 1 aliphatic heterocycles. The molecule has 0 aromatic heterocycles. The number of carbonyl (C=O) groups excluding carboxylic acids is 1. The van der Waals surface area contributed by atoms with Gasteiger partial charge >= 0.3 is 0 Å². The first-order valence-corrected chi connectivity index (χ1v) is 7.89. The van der Waals surface area contributed by atoms with Crippen molar-refractivity contribution in [2.45, 2.75) is 12.2 Å². The van der Waals surface area contributed by atoms with Crippen LogP contribution < -0.4 is 4.74 Å². The lowest BCUT2D eigenvalue weighted by Crippen LogP contribution is -2.07. The van der Waals surface area contributed by atoms with E-state index in [9.17, 15) is 4.79 Å². The van der Waals surface area contributed by atoms with E-state index in [0.29, 0.717) is 5.56 Å². The second-order valence-electron chi connectivity index (χ2n) is 5.70. The first kappa shape index (κ1) is 14.7. The van der Waals surface area contributed by atoms with Crippen LogP contribution in [0.2, 0.25) is 0 Å². The Morgan fingerprint density at radius 2 is 1.46 bits per heavy atom. The SMILES string of the molecule is O=C(c1ccccc1)[C@H]1O[C@@H]1c1cccc(Oc2ccccc2)c1. The van der Waals surface area contributed by atoms with Gasteiger partial charge in [-0.3, -0.25) is 4.79 Å². The summed E-state index contributed by atoms with van der Waals surface area (Å²) in [5.74, 6) is 1.54. The van der Waals surface area contributed by atoms with Gasteiger partial charge < -0.3 is 9.47 Å². The Hall–Kier alpha value is -2.91. The maximum Gasteiger partial charge on any atom is 0.194 e. The molecule has 0 aliphatic carbocycles. The topological polar surface area (TPSA) is 38.8 Å². The zero-order valence-electron chi connectivity index (χ0n) is 13.0. The first-order valence-electron chi connectivity index (χ1n) is 7.89. The molecule has 0 radical (unpaired) electrons. The Balaban J connectivity index is 1.48. The number of Topliss-reactive ketones (excluding diaryl/α,β-unsaturated/α-hetero) is 1. The van der Waals surface area contributed by atoms with Crippen LogP contribution in [-0.2, 0) is 4.74 Å². The van der Waals surface area contributed by atoms with Gasteiger partial charge in [-0.15, -0.1) is 0 Å². The largest absolute Gasteiger partial charge is 0.457 e. The summed E-state index contributed by atoms with van der Waals surface area (Å²) in [7, 11) is 0. The molecule has 0 N–H and O–H groups in total. The number of rotatable bonds is 5. The molecule has 2 atom stereocenters. The van der Waals surface area contributed by atoms with Gasteiger partial charge in [0.25, 0.3) is 0 Å². The van der Waals surface area contributed by atoms with E-state index >= 15 is 0 Å². The minimum Gasteiger partial charge on any atom is -0.457 e. The summed E-state index contributed by atoms with van der Waals surface area (Å²) in [6.45, 7) is 0. The number of epoxide rings is 1. The second-order valence-corrected chi connectivity index (χ2v) is 5.70. The molecular formula is C21H16O3. The smallest absolute Gasteiger partial charge is 0.194 e. The van der Waals surface area contributed by atoms with Crippen molar-refractivity contribution in [2.24, 2.45) is 0 Å². The van der Waals surface area contributed by atoms with Crippen molar-refractivity contribution in [2.75, 3.05) is 0 Å². The van der Waals surface area contributed by atoms with Crippen molar-refractivity contribution in [3.05, 3.63) is 96.1 Å². The summed E-state index contributed by atoms with van der Waals surface area (Å²) in [6, 6.07) is 26.6. The molecule has 3 heteroatoms. The van der Waals surface area contributed by atoms with E-state index in [4.69, 9.17) is 9.47 Å². The van der Waals surface area contributed by atoms with Crippen LogP contribution in [0.5, 0.6) is 11.5 Å². The minimum atomic E-state index is -0.403. The van der Waals surface area contributed by atoms with E-state index in [-0.39, 0.29) is 11.9 Å². The third-order valence-electron chi connectivity index (χ3n) is 3.97. The number of para-hydroxylation sites is 1. The molecule has 1 aliphatic rings. The van der Waals surface area contributed by atoms with Gasteiger partial charge in [-0.2, -0.15) is 0 Å². The Kier molecular flexibility index (Phi) is 3.85. The number of hydrogen-bond donors (Lipinski definition) is 0. The van der Waals surface area contributed by atoms with Gasteiger partial charge in [0.05, 0.1) is 0 Å². The maximum absolute atomic E-state index is 12.4. The van der Waals surface area contributed by atoms with Crippen LogP contribution in [0.15, 0.2) is 84.9 Å². The molecule has 0 saturated carbocycles. The van der Waals surface area contributed by atoms with Crippen molar-refractivity contribution in [1.82, 2.24) is 0 Å². The highest BCUT2D eigenvalue weighted by atomic mass is 16.6. The van der Waals surface area contributed by atoms with Crippen LogP contribution in [0.3, 0.4) is 0 Å². The number of ether oxygens (including phenoxy) is 2. The molecule has 1 saturated heterocycles. The third-order valence-corrected chi connectivity index (χ3v) is 3.97. The number of benzene rings is 3. The highest BCUT2D eigenvalue weighted by molar-refractivity contribution is 6.01. The zero-order valence-corrected chi connectivity index (χ0v) is 13.0. The fourth-order valence-electron chi connectivity index (χ4n) is 2.71. The van der Waals surface area contributed by atoms with Gasteiger partial charge in [-0.25, -0.2) is 0 Å². The predicted octanol–water partition coefficient (Wildman–Crippen LogP) is 4.80. The highest BCUT2D eigenvalue weighted by Gasteiger charge is 2.46. The van der Waals surface area contributed by atoms with E-state index in [1.165, 1.54) is 0 Å². The highest BCUT2D eigenvalue weighted by Crippen LogP contribution is 2.41. The Morgan fingerprint density at radius 3 is 2.21 bits per heavy atom. The summed E-state index contributed by atoms with van der Waals surface area (Å²) in [5, 5.41) is 0. The predicted molar refractivity (Wildman–Crippen MR) is 91.3 cm³/mol. The molecule has 0 unspecified atom stereocenters. The summed E-state index contributed by atoms with van der Waals surface area (Å²) in [6.07, 6.45) is -0.601. The van der Waals surface area contributed by atoms with Crippen LogP contribution in [0, 0.1) is 0 Å². The zero-order chi connectivity index (χ0) is 16.4. The molecule has 3 aromatic carbocycles. The summed E-state index contributed by atoms with van der Waals surface area (Å²) in [5.41, 5.74) is 1.64. The molecule has 0 bridgehead atoms. The molecule has 3 nitrogen and oxygen atoms in total. The molecule has 4 rings (SSSR count). The van der Waals surface area contributed by atoms with Gasteiger partial charge in [-0.1, -0.05) is 60.7 Å². The van der Waals surface area contributed by atoms with Crippen LogP contribution in [0.1, 0.15) is 22.0 Å². The number of carbonyl (C=O) groups is 1. The summed E-state index contributed by atoms with van der Waals surface area (Å²) in [4.78, 5) is 12.4. The van der Waals surface area contributed by atoms with E-state index in [2.05, 4.69) is 0 Å². The lowest BCUT2D eigenvalue weighted by atomic mass is 10.0. The van der Waals surface area contributed by atoms with Crippen LogP contribution in [0.25, 0.3) is 0 Å². The van der Waals surface area contributed by atoms with Crippen molar-refractivity contribution >= 4 is 5.78 Å². The van der Waals surface area contributed by atoms with Gasteiger partial charge in [0.1, 0.15) is 17.6 Å².